The molecule has 1 atom stereocenters. The molecule has 3 aliphatic rings. The molecule has 0 saturated carbocycles. The number of aromatic hydroxyl groups is 1. The van der Waals surface area contributed by atoms with E-state index in [4.69, 9.17) is 14.2 Å². The van der Waals surface area contributed by atoms with Crippen LogP contribution >= 0.6 is 11.3 Å². The predicted octanol–water partition coefficient (Wildman–Crippen LogP) is 5.57. The molecule has 8 bridgehead atoms. The highest BCUT2D eigenvalue weighted by molar-refractivity contribution is 7.13. The number of hydrogen-bond acceptors (Lipinski definition) is 8. The Morgan fingerprint density at radius 3 is 2.71 bits per heavy atom. The average molecular weight is 586 g/mol. The van der Waals surface area contributed by atoms with Gasteiger partial charge in [-0.2, -0.15) is 0 Å². The van der Waals surface area contributed by atoms with E-state index in [-0.39, 0.29) is 23.3 Å². The second kappa shape index (κ2) is 11.4. The van der Waals surface area contributed by atoms with Gasteiger partial charge >= 0.3 is 0 Å². The number of benzene rings is 3. The lowest BCUT2D eigenvalue weighted by Gasteiger charge is -2.38. The Morgan fingerprint density at radius 2 is 1.93 bits per heavy atom. The molecule has 0 saturated heterocycles. The summed E-state index contributed by atoms with van der Waals surface area (Å²) in [7, 11) is 1.59. The van der Waals surface area contributed by atoms with Gasteiger partial charge in [-0.15, -0.1) is 11.3 Å². The average Bonchev–Trinajstić information content (AvgIpc) is 3.33. The molecule has 1 aromatic heterocycles. The van der Waals surface area contributed by atoms with Crippen LogP contribution in [0.3, 0.4) is 0 Å². The van der Waals surface area contributed by atoms with Crippen molar-refractivity contribution in [2.75, 3.05) is 26.8 Å². The monoisotopic (exact) mass is 585 g/mol. The van der Waals surface area contributed by atoms with Gasteiger partial charge in [0.15, 0.2) is 11.5 Å². The van der Waals surface area contributed by atoms with Crippen LogP contribution in [0, 0.1) is 13.8 Å². The van der Waals surface area contributed by atoms with Gasteiger partial charge in [-0.3, -0.25) is 9.59 Å². The Kier molecular flexibility index (Phi) is 7.47. The van der Waals surface area contributed by atoms with Crippen LogP contribution in [0.25, 0.3) is 0 Å². The lowest BCUT2D eigenvalue weighted by molar-refractivity contribution is 0.0698. The molecule has 1 unspecified atom stereocenters. The van der Waals surface area contributed by atoms with Crippen molar-refractivity contribution in [3.05, 3.63) is 92.4 Å². The maximum atomic E-state index is 14.0. The zero-order valence-corrected chi connectivity index (χ0v) is 24.4. The highest BCUT2D eigenvalue weighted by atomic mass is 32.1. The number of methoxy groups -OCH3 is 1. The molecule has 42 heavy (non-hydrogen) atoms. The number of phenolic OH excluding ortho intramolecular Hbond substituents is 1. The number of amides is 2. The maximum absolute atomic E-state index is 14.0. The van der Waals surface area contributed by atoms with Gasteiger partial charge < -0.3 is 29.5 Å². The van der Waals surface area contributed by atoms with E-state index in [2.05, 4.69) is 10.3 Å². The molecule has 2 amide bonds. The minimum atomic E-state index is -0.400. The van der Waals surface area contributed by atoms with E-state index >= 15 is 0 Å². The van der Waals surface area contributed by atoms with E-state index in [1.807, 2.05) is 55.1 Å². The number of carbonyl (C=O) groups excluding carboxylic acids is 2. The molecule has 0 radical (unpaired) electrons. The number of aryl methyl sites for hydroxylation is 2. The van der Waals surface area contributed by atoms with Crippen molar-refractivity contribution in [2.24, 2.45) is 0 Å². The third-order valence-corrected chi connectivity index (χ3v) is 8.58. The number of nitrogens with one attached hydrogen (secondary N) is 1. The minimum Gasteiger partial charge on any atom is -0.507 e. The summed E-state index contributed by atoms with van der Waals surface area (Å²) in [4.78, 5) is 33.8. The Balaban J connectivity index is 1.47. The highest BCUT2D eigenvalue weighted by Crippen LogP contribution is 2.42. The van der Waals surface area contributed by atoms with Gasteiger partial charge in [-0.25, -0.2) is 4.98 Å². The van der Waals surface area contributed by atoms with Crippen LogP contribution in [0.4, 0.5) is 0 Å². The summed E-state index contributed by atoms with van der Waals surface area (Å²) in [6.45, 7) is 4.95. The first-order valence-corrected chi connectivity index (χ1v) is 14.6. The van der Waals surface area contributed by atoms with Crippen molar-refractivity contribution in [2.45, 2.75) is 32.7 Å². The Hall–Kier alpha value is -4.57. The van der Waals surface area contributed by atoms with Crippen LogP contribution in [0.2, 0.25) is 0 Å². The minimum absolute atomic E-state index is 0.0538. The lowest BCUT2D eigenvalue weighted by Crippen LogP contribution is -2.40. The van der Waals surface area contributed by atoms with Gasteiger partial charge in [0.25, 0.3) is 11.8 Å². The van der Waals surface area contributed by atoms with Crippen molar-refractivity contribution in [3.63, 3.8) is 0 Å². The number of nitrogens with zero attached hydrogens (tertiary/aromatic N) is 2. The second-order valence-electron chi connectivity index (χ2n) is 10.3. The fraction of sp³-hybridized carbons (Fsp3) is 0.281. The molecular weight excluding hydrogens is 554 g/mol. The zero-order valence-electron chi connectivity index (χ0n) is 23.6. The predicted molar refractivity (Wildman–Crippen MR) is 158 cm³/mol. The Bertz CT molecular complexity index is 1680. The fourth-order valence-corrected chi connectivity index (χ4v) is 6.41. The topological polar surface area (TPSA) is 110 Å². The van der Waals surface area contributed by atoms with Gasteiger partial charge in [-0.1, -0.05) is 12.1 Å². The standard InChI is InChI=1S/C32H31N3O6S/c1-18-30(42-19(2)34-18)32(38)35-13-11-20-15-22-6-8-24(20)29(35)21-5-10-27(39-3)28(16-21)40-14-4-12-33-31(37)25-17-23(41-22)7-9-26(25)36/h5-10,15-17,29,36H,4,11-14H2,1-3H3,(H,33,37). The van der Waals surface area contributed by atoms with Gasteiger partial charge in [0.2, 0.25) is 0 Å². The third kappa shape index (κ3) is 5.25. The summed E-state index contributed by atoms with van der Waals surface area (Å²) in [5, 5.41) is 14.0. The quantitative estimate of drug-likeness (QED) is 0.317. The van der Waals surface area contributed by atoms with E-state index in [1.54, 1.807) is 13.2 Å². The van der Waals surface area contributed by atoms with Crippen molar-refractivity contribution < 1.29 is 28.9 Å². The van der Waals surface area contributed by atoms with Gasteiger partial charge in [-0.05, 0) is 85.8 Å². The van der Waals surface area contributed by atoms with Crippen LogP contribution in [0.15, 0.2) is 54.6 Å². The summed E-state index contributed by atoms with van der Waals surface area (Å²) < 4.78 is 17.9. The normalized spacial score (nSPS) is 16.5. The lowest BCUT2D eigenvalue weighted by atomic mass is 9.87. The highest BCUT2D eigenvalue weighted by Gasteiger charge is 2.35. The van der Waals surface area contributed by atoms with Crippen molar-refractivity contribution in [1.29, 1.82) is 0 Å². The Labute approximate surface area is 247 Å². The largest absolute Gasteiger partial charge is 0.507 e. The van der Waals surface area contributed by atoms with Crippen molar-refractivity contribution >= 4 is 23.2 Å². The molecule has 0 aliphatic carbocycles. The van der Waals surface area contributed by atoms with E-state index in [1.165, 1.54) is 23.5 Å². The SMILES string of the molecule is COc1ccc2cc1OCCCNC(=O)c1cc(ccc1O)Oc1ccc3c(c1)CCN(C(=O)c1sc(C)nc1C)C23. The van der Waals surface area contributed by atoms with Crippen molar-refractivity contribution in [3.8, 4) is 28.7 Å². The molecule has 3 aromatic carbocycles. The summed E-state index contributed by atoms with van der Waals surface area (Å²) in [6.07, 6.45) is 1.16. The molecule has 4 aromatic rings. The number of fused-ring (bicyclic) bond motifs is 6. The molecule has 3 aliphatic heterocycles. The summed E-state index contributed by atoms with van der Waals surface area (Å²) in [5.41, 5.74) is 3.80. The molecule has 4 heterocycles. The smallest absolute Gasteiger partial charge is 0.266 e. The summed E-state index contributed by atoms with van der Waals surface area (Å²) in [5.74, 6) is 1.57. The number of thiazole rings is 1. The number of carbonyl (C=O) groups is 2. The van der Waals surface area contributed by atoms with Gasteiger partial charge in [0, 0.05) is 13.1 Å². The number of phenols is 1. The van der Waals surface area contributed by atoms with Crippen molar-refractivity contribution in [1.82, 2.24) is 15.2 Å². The molecule has 7 rings (SSSR count). The van der Waals surface area contributed by atoms with Crippen LogP contribution in [0.5, 0.6) is 28.7 Å². The third-order valence-electron chi connectivity index (χ3n) is 7.52. The first-order chi connectivity index (χ1) is 20.3. The number of rotatable bonds is 2. The maximum Gasteiger partial charge on any atom is 0.266 e. The van der Waals surface area contributed by atoms with Crippen LogP contribution in [-0.2, 0) is 6.42 Å². The first-order valence-electron chi connectivity index (χ1n) is 13.8. The molecule has 9 nitrogen and oxygen atoms in total. The molecule has 0 fully saturated rings. The summed E-state index contributed by atoms with van der Waals surface area (Å²) >= 11 is 1.41. The Morgan fingerprint density at radius 1 is 1.12 bits per heavy atom. The van der Waals surface area contributed by atoms with Crippen LogP contribution in [0.1, 0.15) is 59.9 Å². The van der Waals surface area contributed by atoms with Crippen LogP contribution in [-0.4, -0.2) is 53.6 Å². The number of ether oxygens (including phenoxy) is 3. The number of aromatic nitrogens is 1. The molecule has 2 N–H and O–H groups in total. The molecule has 10 heteroatoms. The van der Waals surface area contributed by atoms with E-state index in [0.29, 0.717) is 60.4 Å². The zero-order chi connectivity index (χ0) is 29.4. The van der Waals surface area contributed by atoms with Gasteiger partial charge in [0.1, 0.15) is 22.1 Å². The van der Waals surface area contributed by atoms with Crippen LogP contribution < -0.4 is 19.5 Å². The fourth-order valence-electron chi connectivity index (χ4n) is 5.53. The second-order valence-corrected chi connectivity index (χ2v) is 11.5. The molecular formula is C32H31N3O6S. The number of hydrogen-bond donors (Lipinski definition) is 2. The van der Waals surface area contributed by atoms with E-state index < -0.39 is 5.91 Å². The molecule has 216 valence electrons. The summed E-state index contributed by atoms with van der Waals surface area (Å²) in [6, 6.07) is 15.8. The van der Waals surface area contributed by atoms with Gasteiger partial charge in [0.05, 0.1) is 36.0 Å². The van der Waals surface area contributed by atoms with E-state index in [0.717, 1.165) is 27.4 Å². The first kappa shape index (κ1) is 27.6. The molecule has 0 spiro atoms. The van der Waals surface area contributed by atoms with E-state index in [9.17, 15) is 14.7 Å².